The van der Waals surface area contributed by atoms with Crippen molar-refractivity contribution in [2.24, 2.45) is 0 Å². The Hall–Kier alpha value is -2.73. The highest BCUT2D eigenvalue weighted by molar-refractivity contribution is 7.99. The quantitative estimate of drug-likeness (QED) is 0.612. The molecule has 2 amide bonds. The van der Waals surface area contributed by atoms with Crippen LogP contribution in [-0.2, 0) is 16.0 Å². The molecule has 0 radical (unpaired) electrons. The van der Waals surface area contributed by atoms with Gasteiger partial charge in [0, 0.05) is 36.2 Å². The molecule has 6 heteroatoms. The Bertz CT molecular complexity index is 963. The number of likely N-dealkylation sites (N-methyl/N-ethyl adjacent to an activating group) is 1. The number of aryl methyl sites for hydroxylation is 1. The molecule has 0 unspecified atom stereocenters. The normalized spacial score (nSPS) is 12.0. The van der Waals surface area contributed by atoms with Gasteiger partial charge in [0.1, 0.15) is 6.04 Å². The van der Waals surface area contributed by atoms with Gasteiger partial charge in [-0.1, -0.05) is 47.7 Å². The number of hydrogen-bond donors (Lipinski definition) is 3. The molecule has 1 aromatic heterocycles. The van der Waals surface area contributed by atoms with Gasteiger partial charge in [0.15, 0.2) is 0 Å². The molecule has 0 aliphatic rings. The standard InChI is InChI=1S/C21H23N3O2S/c1-13-8-10-15(11-9-13)27-21-17(16-6-4-5-7-18(16)24-21)12-19(20(26)22-3)23-14(2)25/h4-11,19,24H,12H2,1-3H3,(H,22,26)(H,23,25)/t19-/m1/s1. The molecule has 0 bridgehead atoms. The molecule has 3 rings (SSSR count). The summed E-state index contributed by atoms with van der Waals surface area (Å²) in [6, 6.07) is 15.7. The highest BCUT2D eigenvalue weighted by atomic mass is 32.2. The predicted molar refractivity (Wildman–Crippen MR) is 109 cm³/mol. The second-order valence-corrected chi connectivity index (χ2v) is 7.55. The van der Waals surface area contributed by atoms with Crippen molar-refractivity contribution in [1.29, 1.82) is 0 Å². The van der Waals surface area contributed by atoms with E-state index in [2.05, 4.69) is 46.8 Å². The fourth-order valence-electron chi connectivity index (χ4n) is 3.02. The highest BCUT2D eigenvalue weighted by Crippen LogP contribution is 2.35. The van der Waals surface area contributed by atoms with Crippen LogP contribution in [0, 0.1) is 6.92 Å². The van der Waals surface area contributed by atoms with Crippen molar-refractivity contribution < 1.29 is 9.59 Å². The number of benzene rings is 2. The zero-order valence-corrected chi connectivity index (χ0v) is 16.4. The summed E-state index contributed by atoms with van der Waals surface area (Å²) < 4.78 is 0. The van der Waals surface area contributed by atoms with Crippen LogP contribution < -0.4 is 10.6 Å². The number of aromatic amines is 1. The summed E-state index contributed by atoms with van der Waals surface area (Å²) in [5.74, 6) is -0.432. The molecule has 3 N–H and O–H groups in total. The maximum absolute atomic E-state index is 12.3. The third kappa shape index (κ3) is 4.52. The van der Waals surface area contributed by atoms with Crippen molar-refractivity contribution >= 4 is 34.5 Å². The first-order chi connectivity index (χ1) is 13.0. The van der Waals surface area contributed by atoms with Gasteiger partial charge in [0.2, 0.25) is 11.8 Å². The second kappa shape index (κ2) is 8.31. The van der Waals surface area contributed by atoms with Crippen LogP contribution in [0.25, 0.3) is 10.9 Å². The smallest absolute Gasteiger partial charge is 0.242 e. The van der Waals surface area contributed by atoms with Crippen LogP contribution in [0.15, 0.2) is 58.5 Å². The Kier molecular flexibility index (Phi) is 5.86. The lowest BCUT2D eigenvalue weighted by Crippen LogP contribution is -2.46. The molecule has 0 spiro atoms. The fraction of sp³-hybridized carbons (Fsp3) is 0.238. The largest absolute Gasteiger partial charge is 0.357 e. The van der Waals surface area contributed by atoms with Crippen LogP contribution >= 0.6 is 11.8 Å². The molecule has 0 aliphatic carbocycles. The number of para-hydroxylation sites is 1. The van der Waals surface area contributed by atoms with Crippen LogP contribution in [0.2, 0.25) is 0 Å². The summed E-state index contributed by atoms with van der Waals surface area (Å²) in [7, 11) is 1.58. The van der Waals surface area contributed by atoms with Gasteiger partial charge < -0.3 is 15.6 Å². The molecule has 0 fully saturated rings. The van der Waals surface area contributed by atoms with Gasteiger partial charge in [-0.15, -0.1) is 0 Å². The van der Waals surface area contributed by atoms with Crippen molar-refractivity contribution in [3.05, 3.63) is 59.7 Å². The van der Waals surface area contributed by atoms with Crippen molar-refractivity contribution in [2.45, 2.75) is 36.2 Å². The summed E-state index contributed by atoms with van der Waals surface area (Å²) in [5.41, 5.74) is 3.25. The molecule has 0 saturated carbocycles. The monoisotopic (exact) mass is 381 g/mol. The van der Waals surface area contributed by atoms with Crippen LogP contribution in [0.3, 0.4) is 0 Å². The second-order valence-electron chi connectivity index (χ2n) is 6.46. The minimum atomic E-state index is -0.621. The predicted octanol–water partition coefficient (Wildman–Crippen LogP) is 3.42. The number of amides is 2. The van der Waals surface area contributed by atoms with E-state index in [4.69, 9.17) is 0 Å². The number of carbonyl (C=O) groups excluding carboxylic acids is 2. The third-order valence-corrected chi connectivity index (χ3v) is 5.42. The van der Waals surface area contributed by atoms with E-state index in [9.17, 15) is 9.59 Å². The molecule has 0 saturated heterocycles. The Morgan fingerprint density at radius 1 is 1.11 bits per heavy atom. The minimum Gasteiger partial charge on any atom is -0.357 e. The maximum Gasteiger partial charge on any atom is 0.242 e. The number of nitrogens with one attached hydrogen (secondary N) is 3. The SMILES string of the molecule is CNC(=O)[C@@H](Cc1c(Sc2ccc(C)cc2)[nH]c2ccccc12)NC(C)=O. The Morgan fingerprint density at radius 2 is 1.81 bits per heavy atom. The average Bonchev–Trinajstić information content (AvgIpc) is 2.99. The molecule has 3 aromatic rings. The molecular weight excluding hydrogens is 358 g/mol. The summed E-state index contributed by atoms with van der Waals surface area (Å²) >= 11 is 1.63. The van der Waals surface area contributed by atoms with Crippen LogP contribution in [0.4, 0.5) is 0 Å². The van der Waals surface area contributed by atoms with E-state index in [1.165, 1.54) is 12.5 Å². The number of fused-ring (bicyclic) bond motifs is 1. The number of carbonyl (C=O) groups is 2. The van der Waals surface area contributed by atoms with Crippen molar-refractivity contribution in [2.75, 3.05) is 7.05 Å². The first kappa shape index (κ1) is 19.0. The van der Waals surface area contributed by atoms with Crippen LogP contribution in [0.5, 0.6) is 0 Å². The molecule has 140 valence electrons. The summed E-state index contributed by atoms with van der Waals surface area (Å²) in [5, 5.41) is 7.44. The molecule has 0 aliphatic heterocycles. The maximum atomic E-state index is 12.3. The van der Waals surface area contributed by atoms with Gasteiger partial charge in [0.05, 0.1) is 5.03 Å². The van der Waals surface area contributed by atoms with Crippen LogP contribution in [-0.4, -0.2) is 29.9 Å². The molecule has 5 nitrogen and oxygen atoms in total. The van der Waals surface area contributed by atoms with Crippen molar-refractivity contribution in [1.82, 2.24) is 15.6 Å². The topological polar surface area (TPSA) is 74.0 Å². The van der Waals surface area contributed by atoms with Gasteiger partial charge in [-0.25, -0.2) is 0 Å². The Balaban J connectivity index is 1.99. The fourth-order valence-corrected chi connectivity index (χ4v) is 4.01. The zero-order chi connectivity index (χ0) is 19.4. The molecule has 1 heterocycles. The average molecular weight is 382 g/mol. The van der Waals surface area contributed by atoms with E-state index < -0.39 is 6.04 Å². The molecule has 1 atom stereocenters. The molecule has 2 aromatic carbocycles. The zero-order valence-electron chi connectivity index (χ0n) is 15.6. The lowest BCUT2D eigenvalue weighted by atomic mass is 10.0. The van der Waals surface area contributed by atoms with E-state index in [1.807, 2.05) is 24.3 Å². The summed E-state index contributed by atoms with van der Waals surface area (Å²) in [6.07, 6.45) is 0.414. The van der Waals surface area contributed by atoms with Gasteiger partial charge in [0.25, 0.3) is 0 Å². The lowest BCUT2D eigenvalue weighted by molar-refractivity contribution is -0.127. The Labute approximate surface area is 162 Å². The highest BCUT2D eigenvalue weighted by Gasteiger charge is 2.23. The molecular formula is C21H23N3O2S. The third-order valence-electron chi connectivity index (χ3n) is 4.36. The number of H-pyrrole nitrogens is 1. The van der Waals surface area contributed by atoms with Gasteiger partial charge in [-0.05, 0) is 30.7 Å². The van der Waals surface area contributed by atoms with E-state index in [0.29, 0.717) is 6.42 Å². The van der Waals surface area contributed by atoms with E-state index in [-0.39, 0.29) is 11.8 Å². The first-order valence-electron chi connectivity index (χ1n) is 8.80. The number of rotatable bonds is 6. The van der Waals surface area contributed by atoms with E-state index in [0.717, 1.165) is 26.4 Å². The van der Waals surface area contributed by atoms with E-state index in [1.54, 1.807) is 18.8 Å². The van der Waals surface area contributed by atoms with Crippen molar-refractivity contribution in [3.8, 4) is 0 Å². The van der Waals surface area contributed by atoms with Crippen molar-refractivity contribution in [3.63, 3.8) is 0 Å². The van der Waals surface area contributed by atoms with Crippen LogP contribution in [0.1, 0.15) is 18.1 Å². The summed E-state index contributed by atoms with van der Waals surface area (Å²) in [6.45, 7) is 3.48. The first-order valence-corrected chi connectivity index (χ1v) is 9.62. The lowest BCUT2D eigenvalue weighted by Gasteiger charge is -2.17. The van der Waals surface area contributed by atoms with E-state index >= 15 is 0 Å². The molecule has 27 heavy (non-hydrogen) atoms. The summed E-state index contributed by atoms with van der Waals surface area (Å²) in [4.78, 5) is 28.4. The van der Waals surface area contributed by atoms with Gasteiger partial charge in [-0.3, -0.25) is 9.59 Å². The van der Waals surface area contributed by atoms with Gasteiger partial charge >= 0.3 is 0 Å². The minimum absolute atomic E-state index is 0.207. The number of aromatic nitrogens is 1. The van der Waals surface area contributed by atoms with Gasteiger partial charge in [-0.2, -0.15) is 0 Å². The Morgan fingerprint density at radius 3 is 2.48 bits per heavy atom. The number of hydrogen-bond acceptors (Lipinski definition) is 3.